The maximum atomic E-state index is 13.2. The van der Waals surface area contributed by atoms with E-state index in [1.165, 1.54) is 22.7 Å². The number of benzene rings is 1. The van der Waals surface area contributed by atoms with Gasteiger partial charge in [-0.3, -0.25) is 14.5 Å². The van der Waals surface area contributed by atoms with Gasteiger partial charge in [0.25, 0.3) is 0 Å². The van der Waals surface area contributed by atoms with Crippen LogP contribution in [0, 0.1) is 0 Å². The number of hydrogen-bond donors (Lipinski definition) is 1. The van der Waals surface area contributed by atoms with E-state index in [9.17, 15) is 9.59 Å². The number of hydrogen-bond acceptors (Lipinski definition) is 3. The van der Waals surface area contributed by atoms with E-state index in [1.807, 2.05) is 17.5 Å². The monoisotopic (exact) mass is 424 g/mol. The first-order valence-electron chi connectivity index (χ1n) is 9.07. The molecule has 0 unspecified atom stereocenters. The van der Waals surface area contributed by atoms with E-state index in [0.29, 0.717) is 10.7 Å². The Morgan fingerprint density at radius 1 is 1.15 bits per heavy atom. The van der Waals surface area contributed by atoms with Gasteiger partial charge in [-0.2, -0.15) is 0 Å². The zero-order valence-corrected chi connectivity index (χ0v) is 17.2. The van der Waals surface area contributed by atoms with Crippen molar-refractivity contribution in [1.29, 1.82) is 0 Å². The van der Waals surface area contributed by atoms with E-state index in [2.05, 4.69) is 5.32 Å². The predicted molar refractivity (Wildman–Crippen MR) is 112 cm³/mol. The Balaban J connectivity index is 1.94. The van der Waals surface area contributed by atoms with Gasteiger partial charge in [-0.25, -0.2) is 0 Å². The molecule has 1 heterocycles. The van der Waals surface area contributed by atoms with E-state index in [4.69, 9.17) is 23.2 Å². The molecule has 0 spiro atoms. The van der Waals surface area contributed by atoms with Crippen molar-refractivity contribution < 1.29 is 9.59 Å². The summed E-state index contributed by atoms with van der Waals surface area (Å²) in [5, 5.41) is 5.62. The van der Waals surface area contributed by atoms with Gasteiger partial charge in [0.2, 0.25) is 11.8 Å². The number of halogens is 2. The van der Waals surface area contributed by atoms with Gasteiger partial charge in [0.1, 0.15) is 11.9 Å². The molecule has 1 atom stereocenters. The highest BCUT2D eigenvalue weighted by molar-refractivity contribution is 7.10. The molecule has 1 N–H and O–H groups in total. The predicted octanol–water partition coefficient (Wildman–Crippen LogP) is 5.16. The van der Waals surface area contributed by atoms with Crippen molar-refractivity contribution in [2.24, 2.45) is 0 Å². The number of nitrogens with zero attached hydrogens (tertiary/aromatic N) is 1. The summed E-state index contributed by atoms with van der Waals surface area (Å²) in [7, 11) is 0. The molecule has 0 saturated heterocycles. The molecule has 0 aliphatic heterocycles. The molecule has 0 bridgehead atoms. The Bertz CT molecular complexity index is 759. The average molecular weight is 425 g/mol. The van der Waals surface area contributed by atoms with Crippen LogP contribution < -0.4 is 10.2 Å². The number of carbonyl (C=O) groups is 2. The van der Waals surface area contributed by atoms with Gasteiger partial charge >= 0.3 is 0 Å². The summed E-state index contributed by atoms with van der Waals surface area (Å²) >= 11 is 13.3. The summed E-state index contributed by atoms with van der Waals surface area (Å²) in [5.74, 6) is -0.699. The molecule has 27 heavy (non-hydrogen) atoms. The lowest BCUT2D eigenvalue weighted by Gasteiger charge is -2.32. The number of thiophene rings is 1. The van der Waals surface area contributed by atoms with E-state index in [1.54, 1.807) is 24.3 Å². The van der Waals surface area contributed by atoms with Crippen LogP contribution in [0.2, 0.25) is 5.02 Å². The molecule has 0 radical (unpaired) electrons. The summed E-state index contributed by atoms with van der Waals surface area (Å²) in [4.78, 5) is 28.2. The molecular formula is C20H22Cl2N2O2S. The number of anilines is 1. The minimum Gasteiger partial charge on any atom is -0.351 e. The second kappa shape index (κ2) is 9.58. The van der Waals surface area contributed by atoms with Crippen molar-refractivity contribution in [3.05, 3.63) is 51.7 Å². The summed E-state index contributed by atoms with van der Waals surface area (Å²) in [6, 6.07) is 10.0. The molecular weight excluding hydrogens is 403 g/mol. The number of rotatable bonds is 6. The fourth-order valence-electron chi connectivity index (χ4n) is 3.45. The number of alkyl halides is 1. The van der Waals surface area contributed by atoms with Crippen LogP contribution in [0.25, 0.3) is 0 Å². The molecule has 1 aromatic heterocycles. The molecule has 1 aliphatic carbocycles. The molecule has 2 aromatic rings. The van der Waals surface area contributed by atoms with Crippen LogP contribution >= 0.6 is 34.5 Å². The second-order valence-electron chi connectivity index (χ2n) is 6.64. The SMILES string of the molecule is O=C(NC1CCCCC1)[C@@H](c1cccs1)N(C(=O)CCl)c1ccc(Cl)cc1. The van der Waals surface area contributed by atoms with Crippen molar-refractivity contribution in [3.63, 3.8) is 0 Å². The lowest BCUT2D eigenvalue weighted by Crippen LogP contribution is -2.47. The first-order valence-corrected chi connectivity index (χ1v) is 10.9. The minimum atomic E-state index is -0.751. The van der Waals surface area contributed by atoms with Gasteiger partial charge in [0.05, 0.1) is 0 Å². The van der Waals surface area contributed by atoms with Crippen LogP contribution in [-0.2, 0) is 9.59 Å². The average Bonchev–Trinajstić information content (AvgIpc) is 3.21. The maximum absolute atomic E-state index is 13.2. The lowest BCUT2D eigenvalue weighted by atomic mass is 9.95. The van der Waals surface area contributed by atoms with Crippen LogP contribution in [-0.4, -0.2) is 23.7 Å². The van der Waals surface area contributed by atoms with Crippen LogP contribution in [0.4, 0.5) is 5.69 Å². The third-order valence-electron chi connectivity index (χ3n) is 4.76. The fraction of sp³-hybridized carbons (Fsp3) is 0.400. The Labute approximate surface area is 173 Å². The minimum absolute atomic E-state index is 0.159. The normalized spacial score (nSPS) is 15.9. The Hall–Kier alpha value is -1.56. The lowest BCUT2D eigenvalue weighted by molar-refractivity contribution is -0.126. The zero-order valence-electron chi connectivity index (χ0n) is 14.9. The van der Waals surface area contributed by atoms with Crippen molar-refractivity contribution in [2.45, 2.75) is 44.2 Å². The Morgan fingerprint density at radius 3 is 2.44 bits per heavy atom. The van der Waals surface area contributed by atoms with E-state index < -0.39 is 6.04 Å². The molecule has 1 fully saturated rings. The molecule has 3 rings (SSSR count). The summed E-state index contributed by atoms with van der Waals surface area (Å²) in [5.41, 5.74) is 0.599. The molecule has 7 heteroatoms. The molecule has 1 aliphatic rings. The standard InChI is InChI=1S/C20H22Cl2N2O2S/c21-13-18(25)24(16-10-8-14(22)9-11-16)19(17-7-4-12-27-17)20(26)23-15-5-2-1-3-6-15/h4,7-12,15,19H,1-3,5-6,13H2,(H,23,26)/t19-/m1/s1. The first kappa shape index (κ1) is 20.2. The van der Waals surface area contributed by atoms with Crippen molar-refractivity contribution in [2.75, 3.05) is 10.8 Å². The molecule has 2 amide bonds. The van der Waals surface area contributed by atoms with E-state index in [0.717, 1.165) is 30.6 Å². The van der Waals surface area contributed by atoms with Crippen LogP contribution in [0.15, 0.2) is 41.8 Å². The summed E-state index contributed by atoms with van der Waals surface area (Å²) < 4.78 is 0. The van der Waals surface area contributed by atoms with Gasteiger partial charge in [-0.1, -0.05) is 36.9 Å². The highest BCUT2D eigenvalue weighted by Gasteiger charge is 2.34. The summed E-state index contributed by atoms with van der Waals surface area (Å²) in [6.07, 6.45) is 5.41. The largest absolute Gasteiger partial charge is 0.351 e. The van der Waals surface area contributed by atoms with Gasteiger partial charge < -0.3 is 5.32 Å². The van der Waals surface area contributed by atoms with E-state index in [-0.39, 0.29) is 23.7 Å². The van der Waals surface area contributed by atoms with Crippen molar-refractivity contribution in [3.8, 4) is 0 Å². The third-order valence-corrected chi connectivity index (χ3v) is 6.16. The van der Waals surface area contributed by atoms with Gasteiger partial charge in [0.15, 0.2) is 0 Å². The fourth-order valence-corrected chi connectivity index (χ4v) is 4.52. The highest BCUT2D eigenvalue weighted by Crippen LogP contribution is 2.32. The van der Waals surface area contributed by atoms with Crippen molar-refractivity contribution in [1.82, 2.24) is 5.32 Å². The Morgan fingerprint density at radius 2 is 1.85 bits per heavy atom. The number of amides is 2. The Kier molecular flexibility index (Phi) is 7.16. The topological polar surface area (TPSA) is 49.4 Å². The van der Waals surface area contributed by atoms with Crippen LogP contribution in [0.5, 0.6) is 0 Å². The van der Waals surface area contributed by atoms with Crippen LogP contribution in [0.1, 0.15) is 43.0 Å². The molecule has 1 saturated carbocycles. The quantitative estimate of drug-likeness (QED) is 0.650. The number of nitrogens with one attached hydrogen (secondary N) is 1. The third kappa shape index (κ3) is 5.03. The number of carbonyl (C=O) groups excluding carboxylic acids is 2. The smallest absolute Gasteiger partial charge is 0.248 e. The first-order chi connectivity index (χ1) is 13.1. The molecule has 1 aromatic carbocycles. The van der Waals surface area contributed by atoms with Gasteiger partial charge in [0, 0.05) is 21.6 Å². The highest BCUT2D eigenvalue weighted by atomic mass is 35.5. The summed E-state index contributed by atoms with van der Waals surface area (Å²) in [6.45, 7) is 0. The molecule has 144 valence electrons. The van der Waals surface area contributed by atoms with Gasteiger partial charge in [-0.05, 0) is 48.6 Å². The second-order valence-corrected chi connectivity index (χ2v) is 8.32. The zero-order chi connectivity index (χ0) is 19.2. The van der Waals surface area contributed by atoms with Crippen LogP contribution in [0.3, 0.4) is 0 Å². The van der Waals surface area contributed by atoms with E-state index >= 15 is 0 Å². The van der Waals surface area contributed by atoms with Gasteiger partial charge in [-0.15, -0.1) is 22.9 Å². The van der Waals surface area contributed by atoms with Crippen molar-refractivity contribution >= 4 is 52.0 Å². The maximum Gasteiger partial charge on any atom is 0.248 e. The molecule has 4 nitrogen and oxygen atoms in total.